The first kappa shape index (κ1) is 14.3. The lowest BCUT2D eigenvalue weighted by Crippen LogP contribution is -2.10. The maximum absolute atomic E-state index is 11.0. The molecule has 2 rings (SSSR count). The molecule has 0 saturated heterocycles. The van der Waals surface area contributed by atoms with Crippen LogP contribution >= 0.6 is 0 Å². The Balaban J connectivity index is 2.43. The Bertz CT molecular complexity index is 722. The molecule has 0 bridgehead atoms. The van der Waals surface area contributed by atoms with Crippen molar-refractivity contribution in [1.29, 1.82) is 5.26 Å². The van der Waals surface area contributed by atoms with E-state index in [4.69, 9.17) is 10.00 Å². The molecule has 2 aromatic rings. The van der Waals surface area contributed by atoms with Gasteiger partial charge in [-0.2, -0.15) is 5.26 Å². The van der Waals surface area contributed by atoms with Crippen LogP contribution in [0.25, 0.3) is 0 Å². The Morgan fingerprint density at radius 1 is 1.24 bits per heavy atom. The molecule has 21 heavy (non-hydrogen) atoms. The maximum atomic E-state index is 11.0. The first-order valence-corrected chi connectivity index (χ1v) is 6.13. The first-order valence-electron chi connectivity index (χ1n) is 6.13. The van der Waals surface area contributed by atoms with Crippen molar-refractivity contribution >= 4 is 17.1 Å². The van der Waals surface area contributed by atoms with Crippen LogP contribution in [0.3, 0.4) is 0 Å². The molecule has 0 aliphatic carbocycles. The van der Waals surface area contributed by atoms with Crippen molar-refractivity contribution in [3.8, 4) is 11.8 Å². The van der Waals surface area contributed by atoms with Crippen LogP contribution in [-0.4, -0.2) is 19.1 Å². The second kappa shape index (κ2) is 5.92. The number of nitro benzene ring substituents is 1. The second-order valence-corrected chi connectivity index (χ2v) is 4.33. The highest BCUT2D eigenvalue weighted by atomic mass is 16.6. The van der Waals surface area contributed by atoms with Crippen LogP contribution in [0.5, 0.6) is 5.75 Å². The number of rotatable bonds is 4. The summed E-state index contributed by atoms with van der Waals surface area (Å²) >= 11 is 0. The fourth-order valence-corrected chi connectivity index (χ4v) is 1.94. The largest absolute Gasteiger partial charge is 0.497 e. The van der Waals surface area contributed by atoms with E-state index in [-0.39, 0.29) is 11.3 Å². The van der Waals surface area contributed by atoms with E-state index in [9.17, 15) is 10.1 Å². The van der Waals surface area contributed by atoms with E-state index in [1.165, 1.54) is 12.1 Å². The van der Waals surface area contributed by atoms with E-state index in [2.05, 4.69) is 0 Å². The number of nitriles is 1. The molecule has 106 valence electrons. The highest BCUT2D eigenvalue weighted by molar-refractivity contribution is 5.68. The van der Waals surface area contributed by atoms with Gasteiger partial charge in [0.1, 0.15) is 17.4 Å². The van der Waals surface area contributed by atoms with Crippen LogP contribution < -0.4 is 9.64 Å². The number of nitro groups is 1. The SMILES string of the molecule is COc1cccc(N(C)c2ccc(C#N)c([N+](=O)[O-])c2)c1. The molecule has 6 nitrogen and oxygen atoms in total. The number of hydrogen-bond acceptors (Lipinski definition) is 5. The van der Waals surface area contributed by atoms with Gasteiger partial charge in [0.2, 0.25) is 0 Å². The highest BCUT2D eigenvalue weighted by Crippen LogP contribution is 2.30. The Morgan fingerprint density at radius 3 is 2.57 bits per heavy atom. The third kappa shape index (κ3) is 2.92. The molecule has 0 spiro atoms. The zero-order chi connectivity index (χ0) is 15.4. The van der Waals surface area contributed by atoms with Gasteiger partial charge in [0.15, 0.2) is 0 Å². The van der Waals surface area contributed by atoms with E-state index in [1.54, 1.807) is 25.1 Å². The molecule has 0 fully saturated rings. The van der Waals surface area contributed by atoms with Gasteiger partial charge in [-0.25, -0.2) is 0 Å². The van der Waals surface area contributed by atoms with E-state index < -0.39 is 4.92 Å². The van der Waals surface area contributed by atoms with E-state index in [1.807, 2.05) is 30.3 Å². The summed E-state index contributed by atoms with van der Waals surface area (Å²) in [4.78, 5) is 12.2. The van der Waals surface area contributed by atoms with Gasteiger partial charge in [0.05, 0.1) is 12.0 Å². The highest BCUT2D eigenvalue weighted by Gasteiger charge is 2.16. The van der Waals surface area contributed by atoms with Crippen molar-refractivity contribution in [3.63, 3.8) is 0 Å². The molecule has 0 N–H and O–H groups in total. The monoisotopic (exact) mass is 283 g/mol. The Kier molecular flexibility index (Phi) is 4.05. The lowest BCUT2D eigenvalue weighted by molar-refractivity contribution is -0.385. The van der Waals surface area contributed by atoms with Crippen LogP contribution in [0, 0.1) is 21.4 Å². The predicted octanol–water partition coefficient (Wildman–Crippen LogP) is 3.24. The summed E-state index contributed by atoms with van der Waals surface area (Å²) in [5, 5.41) is 19.9. The molecular weight excluding hydrogens is 270 g/mol. The van der Waals surface area contributed by atoms with Crippen molar-refractivity contribution in [2.75, 3.05) is 19.1 Å². The van der Waals surface area contributed by atoms with Gasteiger partial charge in [0.25, 0.3) is 5.69 Å². The van der Waals surface area contributed by atoms with Crippen molar-refractivity contribution in [2.45, 2.75) is 0 Å². The number of benzene rings is 2. The van der Waals surface area contributed by atoms with Crippen molar-refractivity contribution < 1.29 is 9.66 Å². The van der Waals surface area contributed by atoms with Gasteiger partial charge in [-0.15, -0.1) is 0 Å². The predicted molar refractivity (Wildman–Crippen MR) is 78.9 cm³/mol. The molecule has 0 atom stereocenters. The minimum Gasteiger partial charge on any atom is -0.497 e. The van der Waals surface area contributed by atoms with E-state index >= 15 is 0 Å². The van der Waals surface area contributed by atoms with Crippen LogP contribution in [-0.2, 0) is 0 Å². The molecule has 0 aliphatic heterocycles. The second-order valence-electron chi connectivity index (χ2n) is 4.33. The summed E-state index contributed by atoms with van der Waals surface area (Å²) in [5.41, 5.74) is 1.29. The van der Waals surface area contributed by atoms with Crippen LogP contribution in [0.15, 0.2) is 42.5 Å². The molecule has 0 radical (unpaired) electrons. The zero-order valence-electron chi connectivity index (χ0n) is 11.6. The molecule has 2 aromatic carbocycles. The molecule has 0 saturated carbocycles. The lowest BCUT2D eigenvalue weighted by Gasteiger charge is -2.20. The lowest BCUT2D eigenvalue weighted by atomic mass is 10.1. The summed E-state index contributed by atoms with van der Waals surface area (Å²) in [6.07, 6.45) is 0. The van der Waals surface area contributed by atoms with Crippen LogP contribution in [0.2, 0.25) is 0 Å². The van der Waals surface area contributed by atoms with Gasteiger partial charge in [0, 0.05) is 30.6 Å². The van der Waals surface area contributed by atoms with Gasteiger partial charge in [-0.3, -0.25) is 10.1 Å². The Labute approximate surface area is 122 Å². The summed E-state index contributed by atoms with van der Waals surface area (Å²) in [5.74, 6) is 0.697. The van der Waals surface area contributed by atoms with Gasteiger partial charge in [-0.05, 0) is 24.3 Å². The van der Waals surface area contributed by atoms with Crippen molar-refractivity contribution in [3.05, 3.63) is 58.1 Å². The zero-order valence-corrected chi connectivity index (χ0v) is 11.6. The van der Waals surface area contributed by atoms with Crippen molar-refractivity contribution in [1.82, 2.24) is 0 Å². The molecule has 0 aromatic heterocycles. The number of nitrogens with zero attached hydrogens (tertiary/aromatic N) is 3. The average molecular weight is 283 g/mol. The number of hydrogen-bond donors (Lipinski definition) is 0. The minimum absolute atomic E-state index is 0.0443. The topological polar surface area (TPSA) is 79.4 Å². The molecule has 6 heteroatoms. The fraction of sp³-hybridized carbons (Fsp3) is 0.133. The summed E-state index contributed by atoms with van der Waals surface area (Å²) in [6.45, 7) is 0. The van der Waals surface area contributed by atoms with Crippen LogP contribution in [0.1, 0.15) is 5.56 Å². The first-order chi connectivity index (χ1) is 10.1. The number of methoxy groups -OCH3 is 1. The summed E-state index contributed by atoms with van der Waals surface area (Å²) in [6, 6.07) is 13.7. The Hall–Kier alpha value is -3.07. The standard InChI is InChI=1S/C15H13N3O3/c1-17(12-4-3-5-14(8-12)21-2)13-7-6-11(10-16)15(9-13)18(19)20/h3-9H,1-2H3. The van der Waals surface area contributed by atoms with E-state index in [0.29, 0.717) is 11.4 Å². The minimum atomic E-state index is -0.554. The number of ether oxygens (including phenoxy) is 1. The van der Waals surface area contributed by atoms with Gasteiger partial charge < -0.3 is 9.64 Å². The fourth-order valence-electron chi connectivity index (χ4n) is 1.94. The molecule has 0 amide bonds. The third-order valence-electron chi connectivity index (χ3n) is 3.13. The number of anilines is 2. The molecular formula is C15H13N3O3. The quantitative estimate of drug-likeness (QED) is 0.635. The smallest absolute Gasteiger partial charge is 0.289 e. The van der Waals surface area contributed by atoms with Gasteiger partial charge in [-0.1, -0.05) is 6.07 Å². The Morgan fingerprint density at radius 2 is 1.95 bits per heavy atom. The van der Waals surface area contributed by atoms with Gasteiger partial charge >= 0.3 is 0 Å². The normalized spacial score (nSPS) is 9.76. The molecule has 0 heterocycles. The molecule has 0 unspecified atom stereocenters. The van der Waals surface area contributed by atoms with Crippen molar-refractivity contribution in [2.24, 2.45) is 0 Å². The maximum Gasteiger partial charge on any atom is 0.289 e. The molecule has 0 aliphatic rings. The average Bonchev–Trinajstić information content (AvgIpc) is 2.53. The van der Waals surface area contributed by atoms with Crippen LogP contribution in [0.4, 0.5) is 17.1 Å². The van der Waals surface area contributed by atoms with E-state index in [0.717, 1.165) is 5.69 Å². The summed E-state index contributed by atoms with van der Waals surface area (Å²) < 4.78 is 5.16. The third-order valence-corrected chi connectivity index (χ3v) is 3.13. The summed E-state index contributed by atoms with van der Waals surface area (Å²) in [7, 11) is 3.37.